The minimum absolute atomic E-state index is 0.282. The van der Waals surface area contributed by atoms with Crippen LogP contribution >= 0.6 is 0 Å². The molecule has 0 aliphatic rings. The molecule has 0 aromatic heterocycles. The van der Waals surface area contributed by atoms with Gasteiger partial charge in [0.15, 0.2) is 5.96 Å². The number of benzene rings is 2. The van der Waals surface area contributed by atoms with Crippen LogP contribution in [0.2, 0.25) is 0 Å². The number of hydrogen-bond acceptors (Lipinski definition) is 2. The molecule has 2 N–H and O–H groups in total. The molecule has 0 amide bonds. The molecule has 0 unspecified atom stereocenters. The van der Waals surface area contributed by atoms with E-state index in [1.54, 1.807) is 12.1 Å². The average Bonchev–Trinajstić information content (AvgIpc) is 2.49. The molecule has 0 bridgehead atoms. The molecular weight excluding hydrogens is 262 g/mol. The van der Waals surface area contributed by atoms with E-state index in [0.29, 0.717) is 13.1 Å². The minimum atomic E-state index is 0.282. The second kappa shape index (κ2) is 7.33. The first-order valence-electron chi connectivity index (χ1n) is 6.92. The Morgan fingerprint density at radius 3 is 2.29 bits per heavy atom. The molecule has 0 saturated carbocycles. The minimum Gasteiger partial charge on any atom is -0.508 e. The SMILES string of the molecule is CN(C)C(=NCc1ccccc1)NCc1ccc(O)cc1. The third kappa shape index (κ3) is 4.84. The summed E-state index contributed by atoms with van der Waals surface area (Å²) in [6, 6.07) is 17.3. The van der Waals surface area contributed by atoms with Crippen LogP contribution in [0.3, 0.4) is 0 Å². The van der Waals surface area contributed by atoms with E-state index in [2.05, 4.69) is 22.4 Å². The third-order valence-corrected chi connectivity index (χ3v) is 3.06. The highest BCUT2D eigenvalue weighted by Gasteiger charge is 2.02. The molecule has 21 heavy (non-hydrogen) atoms. The lowest BCUT2D eigenvalue weighted by Gasteiger charge is -2.17. The number of aromatic hydroxyl groups is 1. The van der Waals surface area contributed by atoms with Crippen molar-refractivity contribution in [3.8, 4) is 5.75 Å². The molecule has 0 radical (unpaired) electrons. The summed E-state index contributed by atoms with van der Waals surface area (Å²) in [5.74, 6) is 1.12. The predicted octanol–water partition coefficient (Wildman–Crippen LogP) is 2.60. The Bertz CT molecular complexity index is 577. The van der Waals surface area contributed by atoms with Gasteiger partial charge < -0.3 is 15.3 Å². The number of nitrogens with zero attached hydrogens (tertiary/aromatic N) is 2. The van der Waals surface area contributed by atoms with Crippen LogP contribution in [0.5, 0.6) is 5.75 Å². The number of rotatable bonds is 4. The van der Waals surface area contributed by atoms with Gasteiger partial charge >= 0.3 is 0 Å². The summed E-state index contributed by atoms with van der Waals surface area (Å²) in [6.07, 6.45) is 0. The van der Waals surface area contributed by atoms with Gasteiger partial charge in [-0.15, -0.1) is 0 Å². The van der Waals surface area contributed by atoms with Crippen molar-refractivity contribution in [2.45, 2.75) is 13.1 Å². The second-order valence-electron chi connectivity index (χ2n) is 5.04. The standard InChI is InChI=1S/C17H21N3O/c1-20(2)17(18-12-14-6-4-3-5-7-14)19-13-15-8-10-16(21)11-9-15/h3-11,21H,12-13H2,1-2H3,(H,18,19). The molecule has 110 valence electrons. The van der Waals surface area contributed by atoms with Crippen molar-refractivity contribution in [2.75, 3.05) is 14.1 Å². The van der Waals surface area contributed by atoms with E-state index < -0.39 is 0 Å². The van der Waals surface area contributed by atoms with Crippen molar-refractivity contribution in [3.05, 3.63) is 65.7 Å². The normalized spacial score (nSPS) is 11.2. The van der Waals surface area contributed by atoms with Gasteiger partial charge in [-0.2, -0.15) is 0 Å². The first-order chi connectivity index (χ1) is 10.1. The van der Waals surface area contributed by atoms with E-state index in [-0.39, 0.29) is 5.75 Å². The summed E-state index contributed by atoms with van der Waals surface area (Å²) >= 11 is 0. The molecule has 2 aromatic carbocycles. The number of hydrogen-bond donors (Lipinski definition) is 2. The lowest BCUT2D eigenvalue weighted by molar-refractivity contribution is 0.475. The zero-order chi connectivity index (χ0) is 15.1. The molecule has 0 heterocycles. The topological polar surface area (TPSA) is 47.9 Å². The van der Waals surface area contributed by atoms with E-state index in [4.69, 9.17) is 0 Å². The maximum Gasteiger partial charge on any atom is 0.194 e. The van der Waals surface area contributed by atoms with Crippen molar-refractivity contribution >= 4 is 5.96 Å². The Morgan fingerprint density at radius 1 is 1.00 bits per heavy atom. The number of nitrogens with one attached hydrogen (secondary N) is 1. The molecule has 4 nitrogen and oxygen atoms in total. The van der Waals surface area contributed by atoms with E-state index >= 15 is 0 Å². The summed E-state index contributed by atoms with van der Waals surface area (Å²) in [7, 11) is 3.93. The fourth-order valence-electron chi connectivity index (χ4n) is 1.90. The molecule has 0 fully saturated rings. The van der Waals surface area contributed by atoms with Crippen molar-refractivity contribution in [1.82, 2.24) is 10.2 Å². The molecule has 0 saturated heterocycles. The first-order valence-corrected chi connectivity index (χ1v) is 6.92. The molecule has 0 atom stereocenters. The number of aliphatic imine (C=N–C) groups is 1. The molecular formula is C17H21N3O. The second-order valence-corrected chi connectivity index (χ2v) is 5.04. The quantitative estimate of drug-likeness (QED) is 0.670. The largest absolute Gasteiger partial charge is 0.508 e. The number of phenols is 1. The zero-order valence-corrected chi connectivity index (χ0v) is 12.5. The van der Waals surface area contributed by atoms with Crippen LogP contribution in [-0.2, 0) is 13.1 Å². The Kier molecular flexibility index (Phi) is 5.21. The maximum absolute atomic E-state index is 9.28. The van der Waals surface area contributed by atoms with Crippen LogP contribution in [0.25, 0.3) is 0 Å². The first kappa shape index (κ1) is 14.9. The fourth-order valence-corrected chi connectivity index (χ4v) is 1.90. The molecule has 2 aromatic rings. The molecule has 4 heteroatoms. The highest BCUT2D eigenvalue weighted by molar-refractivity contribution is 5.79. The van der Waals surface area contributed by atoms with Crippen molar-refractivity contribution < 1.29 is 5.11 Å². The van der Waals surface area contributed by atoms with Gasteiger partial charge in [-0.05, 0) is 23.3 Å². The van der Waals surface area contributed by atoms with Crippen LogP contribution in [0.15, 0.2) is 59.6 Å². The van der Waals surface area contributed by atoms with Gasteiger partial charge in [0.1, 0.15) is 5.75 Å². The Hall–Kier alpha value is -2.49. The zero-order valence-electron chi connectivity index (χ0n) is 12.5. The molecule has 0 aliphatic heterocycles. The predicted molar refractivity (Wildman–Crippen MR) is 86.2 cm³/mol. The Balaban J connectivity index is 1.97. The molecule has 0 spiro atoms. The summed E-state index contributed by atoms with van der Waals surface area (Å²) < 4.78 is 0. The Labute approximate surface area is 125 Å². The van der Waals surface area contributed by atoms with Gasteiger partial charge in [0, 0.05) is 20.6 Å². The van der Waals surface area contributed by atoms with E-state index in [9.17, 15) is 5.11 Å². The highest BCUT2D eigenvalue weighted by Crippen LogP contribution is 2.09. The van der Waals surface area contributed by atoms with Crippen LogP contribution in [0.4, 0.5) is 0 Å². The lowest BCUT2D eigenvalue weighted by Crippen LogP contribution is -2.36. The van der Waals surface area contributed by atoms with Gasteiger partial charge in [-0.1, -0.05) is 42.5 Å². The van der Waals surface area contributed by atoms with Crippen LogP contribution in [0, 0.1) is 0 Å². The van der Waals surface area contributed by atoms with Crippen LogP contribution < -0.4 is 5.32 Å². The maximum atomic E-state index is 9.28. The summed E-state index contributed by atoms with van der Waals surface area (Å²) in [5.41, 5.74) is 2.28. The summed E-state index contributed by atoms with van der Waals surface area (Å²) in [6.45, 7) is 1.32. The van der Waals surface area contributed by atoms with Crippen molar-refractivity contribution in [3.63, 3.8) is 0 Å². The third-order valence-electron chi connectivity index (χ3n) is 3.06. The van der Waals surface area contributed by atoms with Gasteiger partial charge in [0.2, 0.25) is 0 Å². The number of guanidine groups is 1. The van der Waals surface area contributed by atoms with Crippen molar-refractivity contribution in [2.24, 2.45) is 4.99 Å². The van der Waals surface area contributed by atoms with Gasteiger partial charge in [-0.25, -0.2) is 4.99 Å². The summed E-state index contributed by atoms with van der Waals surface area (Å²) in [4.78, 5) is 6.57. The molecule has 2 rings (SSSR count). The summed E-state index contributed by atoms with van der Waals surface area (Å²) in [5, 5.41) is 12.6. The Morgan fingerprint density at radius 2 is 1.67 bits per heavy atom. The van der Waals surface area contributed by atoms with Gasteiger partial charge in [0.05, 0.1) is 6.54 Å². The van der Waals surface area contributed by atoms with E-state index in [0.717, 1.165) is 11.5 Å². The molecule has 0 aliphatic carbocycles. The van der Waals surface area contributed by atoms with E-state index in [1.807, 2.05) is 49.3 Å². The number of phenolic OH excluding ortho intramolecular Hbond substituents is 1. The van der Waals surface area contributed by atoms with Crippen molar-refractivity contribution in [1.29, 1.82) is 0 Å². The average molecular weight is 283 g/mol. The smallest absolute Gasteiger partial charge is 0.194 e. The van der Waals surface area contributed by atoms with Crippen LogP contribution in [0.1, 0.15) is 11.1 Å². The lowest BCUT2D eigenvalue weighted by atomic mass is 10.2. The van der Waals surface area contributed by atoms with E-state index in [1.165, 1.54) is 5.56 Å². The van der Waals surface area contributed by atoms with Gasteiger partial charge in [0.25, 0.3) is 0 Å². The van der Waals surface area contributed by atoms with Crippen LogP contribution in [-0.4, -0.2) is 30.1 Å². The highest BCUT2D eigenvalue weighted by atomic mass is 16.3. The monoisotopic (exact) mass is 283 g/mol. The van der Waals surface area contributed by atoms with Gasteiger partial charge in [-0.3, -0.25) is 0 Å². The fraction of sp³-hybridized carbons (Fsp3) is 0.235.